The minimum absolute atomic E-state index is 0.849. The van der Waals surface area contributed by atoms with Gasteiger partial charge in [0, 0.05) is 12.2 Å². The first kappa shape index (κ1) is 12.8. The Bertz CT molecular complexity index is 413. The van der Waals surface area contributed by atoms with E-state index in [1.807, 2.05) is 0 Å². The van der Waals surface area contributed by atoms with Crippen molar-refractivity contribution in [1.82, 2.24) is 5.32 Å². The number of rotatable bonds is 4. The summed E-state index contributed by atoms with van der Waals surface area (Å²) >= 11 is 0. The fourth-order valence-corrected chi connectivity index (χ4v) is 3.06. The number of nitrogens with one attached hydrogen (secondary N) is 2. The second kappa shape index (κ2) is 6.29. The zero-order valence-electron chi connectivity index (χ0n) is 11.6. The lowest BCUT2D eigenvalue weighted by Crippen LogP contribution is -2.30. The summed E-state index contributed by atoms with van der Waals surface area (Å²) in [7, 11) is 0. The number of aryl methyl sites for hydroxylation is 1. The average Bonchev–Trinajstić information content (AvgIpc) is 2.48. The van der Waals surface area contributed by atoms with Gasteiger partial charge in [0.1, 0.15) is 5.75 Å². The van der Waals surface area contributed by atoms with Crippen molar-refractivity contribution in [2.75, 3.05) is 31.6 Å². The van der Waals surface area contributed by atoms with Crippen molar-refractivity contribution in [1.29, 1.82) is 0 Å². The number of hydrogen-bond donors (Lipinski definition) is 2. The summed E-state index contributed by atoms with van der Waals surface area (Å²) in [6.45, 7) is 4.34. The topological polar surface area (TPSA) is 33.3 Å². The molecular formula is C16H24N2O. The zero-order valence-corrected chi connectivity index (χ0v) is 11.6. The van der Waals surface area contributed by atoms with Crippen LogP contribution in [0.25, 0.3) is 0 Å². The van der Waals surface area contributed by atoms with Crippen LogP contribution in [0, 0.1) is 5.92 Å². The molecule has 0 spiro atoms. The predicted molar refractivity (Wildman–Crippen MR) is 79.0 cm³/mol. The highest BCUT2D eigenvalue weighted by Gasteiger charge is 2.13. The van der Waals surface area contributed by atoms with Crippen molar-refractivity contribution in [3.05, 3.63) is 23.8 Å². The minimum atomic E-state index is 0.849. The normalized spacial score (nSPS) is 22.4. The van der Waals surface area contributed by atoms with Gasteiger partial charge in [-0.15, -0.1) is 0 Å². The Balaban J connectivity index is 1.49. The molecular weight excluding hydrogens is 236 g/mol. The Labute approximate surface area is 115 Å². The molecule has 2 aliphatic rings. The SMILES string of the molecule is c1cc2c(cc1NCCC1CCCNC1)CCCO2. The summed E-state index contributed by atoms with van der Waals surface area (Å²) in [5, 5.41) is 7.04. The second-order valence-electron chi connectivity index (χ2n) is 5.70. The Morgan fingerprint density at radius 3 is 3.21 bits per heavy atom. The van der Waals surface area contributed by atoms with E-state index in [-0.39, 0.29) is 0 Å². The van der Waals surface area contributed by atoms with Crippen molar-refractivity contribution in [2.24, 2.45) is 5.92 Å². The molecule has 3 rings (SSSR count). The quantitative estimate of drug-likeness (QED) is 0.873. The molecule has 0 aliphatic carbocycles. The molecule has 1 aromatic rings. The highest BCUT2D eigenvalue weighted by Crippen LogP contribution is 2.27. The smallest absolute Gasteiger partial charge is 0.122 e. The maximum absolute atomic E-state index is 5.64. The summed E-state index contributed by atoms with van der Waals surface area (Å²) in [5.74, 6) is 1.93. The van der Waals surface area contributed by atoms with Crippen molar-refractivity contribution in [3.63, 3.8) is 0 Å². The Kier molecular flexibility index (Phi) is 4.23. The largest absolute Gasteiger partial charge is 0.493 e. The van der Waals surface area contributed by atoms with E-state index in [9.17, 15) is 0 Å². The van der Waals surface area contributed by atoms with Gasteiger partial charge in [-0.25, -0.2) is 0 Å². The number of benzene rings is 1. The average molecular weight is 260 g/mol. The fourth-order valence-electron chi connectivity index (χ4n) is 3.06. The lowest BCUT2D eigenvalue weighted by Gasteiger charge is -2.23. The number of fused-ring (bicyclic) bond motifs is 1. The van der Waals surface area contributed by atoms with Gasteiger partial charge in [-0.3, -0.25) is 0 Å². The van der Waals surface area contributed by atoms with Crippen LogP contribution in [-0.4, -0.2) is 26.2 Å². The van der Waals surface area contributed by atoms with Crippen LogP contribution in [0.3, 0.4) is 0 Å². The lowest BCUT2D eigenvalue weighted by molar-refractivity contribution is 0.288. The Hall–Kier alpha value is -1.22. The van der Waals surface area contributed by atoms with Gasteiger partial charge in [0.25, 0.3) is 0 Å². The van der Waals surface area contributed by atoms with Crippen LogP contribution in [0.5, 0.6) is 5.75 Å². The van der Waals surface area contributed by atoms with Crippen LogP contribution in [-0.2, 0) is 6.42 Å². The van der Waals surface area contributed by atoms with Crippen LogP contribution >= 0.6 is 0 Å². The monoisotopic (exact) mass is 260 g/mol. The lowest BCUT2D eigenvalue weighted by atomic mass is 9.96. The van der Waals surface area contributed by atoms with Gasteiger partial charge in [0.15, 0.2) is 0 Å². The molecule has 0 amide bonds. The van der Waals surface area contributed by atoms with E-state index in [1.165, 1.54) is 43.6 Å². The molecule has 1 atom stereocenters. The molecule has 3 heteroatoms. The van der Waals surface area contributed by atoms with E-state index < -0.39 is 0 Å². The highest BCUT2D eigenvalue weighted by molar-refractivity contribution is 5.51. The second-order valence-corrected chi connectivity index (χ2v) is 5.70. The molecule has 2 heterocycles. The van der Waals surface area contributed by atoms with Gasteiger partial charge >= 0.3 is 0 Å². The van der Waals surface area contributed by atoms with E-state index in [0.29, 0.717) is 0 Å². The van der Waals surface area contributed by atoms with Crippen molar-refractivity contribution < 1.29 is 4.74 Å². The summed E-state index contributed by atoms with van der Waals surface area (Å²) < 4.78 is 5.64. The van der Waals surface area contributed by atoms with Crippen LogP contribution in [0.1, 0.15) is 31.2 Å². The van der Waals surface area contributed by atoms with Crippen LogP contribution in [0.4, 0.5) is 5.69 Å². The molecule has 3 nitrogen and oxygen atoms in total. The fraction of sp³-hybridized carbons (Fsp3) is 0.625. The van der Waals surface area contributed by atoms with Crippen LogP contribution in [0.2, 0.25) is 0 Å². The third kappa shape index (κ3) is 3.41. The van der Waals surface area contributed by atoms with Gasteiger partial charge in [-0.2, -0.15) is 0 Å². The van der Waals surface area contributed by atoms with Crippen LogP contribution in [0.15, 0.2) is 18.2 Å². The highest BCUT2D eigenvalue weighted by atomic mass is 16.5. The van der Waals surface area contributed by atoms with E-state index in [1.54, 1.807) is 0 Å². The summed E-state index contributed by atoms with van der Waals surface area (Å²) in [6, 6.07) is 6.51. The first-order chi connectivity index (χ1) is 9.42. The maximum Gasteiger partial charge on any atom is 0.122 e. The number of hydrogen-bond acceptors (Lipinski definition) is 3. The van der Waals surface area contributed by atoms with E-state index in [2.05, 4.69) is 28.8 Å². The van der Waals surface area contributed by atoms with Gasteiger partial charge < -0.3 is 15.4 Å². The van der Waals surface area contributed by atoms with Gasteiger partial charge in [-0.05, 0) is 74.9 Å². The molecule has 2 aliphatic heterocycles. The van der Waals surface area contributed by atoms with Crippen LogP contribution < -0.4 is 15.4 Å². The first-order valence-electron chi connectivity index (χ1n) is 7.62. The minimum Gasteiger partial charge on any atom is -0.493 e. The molecule has 1 aromatic carbocycles. The predicted octanol–water partition coefficient (Wildman–Crippen LogP) is 2.81. The molecule has 104 valence electrons. The Morgan fingerprint density at radius 2 is 2.32 bits per heavy atom. The van der Waals surface area contributed by atoms with Gasteiger partial charge in [0.2, 0.25) is 0 Å². The van der Waals surface area contributed by atoms with Gasteiger partial charge in [-0.1, -0.05) is 0 Å². The molecule has 0 aromatic heterocycles. The number of anilines is 1. The summed E-state index contributed by atoms with van der Waals surface area (Å²) in [4.78, 5) is 0. The molecule has 1 saturated heterocycles. The first-order valence-corrected chi connectivity index (χ1v) is 7.62. The van der Waals surface area contributed by atoms with Crippen molar-refractivity contribution in [2.45, 2.75) is 32.1 Å². The standard InChI is InChI=1S/C16H24N2O/c1-3-13(12-17-8-1)7-9-18-15-5-6-16-14(11-15)4-2-10-19-16/h5-6,11,13,17-18H,1-4,7-10,12H2. The summed E-state index contributed by atoms with van der Waals surface area (Å²) in [5.41, 5.74) is 2.60. The molecule has 0 bridgehead atoms. The molecule has 1 fully saturated rings. The number of piperidine rings is 1. The third-order valence-corrected chi connectivity index (χ3v) is 4.19. The molecule has 2 N–H and O–H groups in total. The maximum atomic E-state index is 5.64. The van der Waals surface area contributed by atoms with E-state index in [0.717, 1.165) is 37.7 Å². The summed E-state index contributed by atoms with van der Waals surface area (Å²) in [6.07, 6.45) is 6.27. The van der Waals surface area contributed by atoms with Gasteiger partial charge in [0.05, 0.1) is 6.61 Å². The molecule has 0 saturated carbocycles. The third-order valence-electron chi connectivity index (χ3n) is 4.19. The van der Waals surface area contributed by atoms with E-state index >= 15 is 0 Å². The number of ether oxygens (including phenoxy) is 1. The van der Waals surface area contributed by atoms with E-state index in [4.69, 9.17) is 4.74 Å². The van der Waals surface area contributed by atoms with Crippen molar-refractivity contribution >= 4 is 5.69 Å². The molecule has 0 radical (unpaired) electrons. The van der Waals surface area contributed by atoms with Crippen molar-refractivity contribution in [3.8, 4) is 5.75 Å². The Morgan fingerprint density at radius 1 is 1.32 bits per heavy atom. The molecule has 1 unspecified atom stereocenters. The zero-order chi connectivity index (χ0) is 12.9. The molecule has 19 heavy (non-hydrogen) atoms.